The molecule has 0 saturated carbocycles. The molecule has 144 valence electrons. The molecule has 0 spiro atoms. The summed E-state index contributed by atoms with van der Waals surface area (Å²) in [5.41, 5.74) is 1.25. The number of nitrogens with zero attached hydrogens (tertiary/aromatic N) is 3. The molecule has 2 heterocycles. The summed E-state index contributed by atoms with van der Waals surface area (Å²) in [5, 5.41) is 10.5. The maximum Gasteiger partial charge on any atom is 0.127 e. The largest absolute Gasteiger partial charge is 0.457 e. The molecule has 0 radical (unpaired) electrons. The molecule has 2 saturated heterocycles. The zero-order valence-electron chi connectivity index (χ0n) is 16.0. The fourth-order valence-corrected chi connectivity index (χ4v) is 4.03. The molecule has 2 aromatic carbocycles. The average molecular weight is 367 g/mol. The van der Waals surface area contributed by atoms with E-state index in [4.69, 9.17) is 4.74 Å². The third-order valence-electron chi connectivity index (χ3n) is 5.65. The van der Waals surface area contributed by atoms with Crippen molar-refractivity contribution < 1.29 is 9.84 Å². The molecule has 1 N–H and O–H groups in total. The highest BCUT2D eigenvalue weighted by atomic mass is 16.5. The summed E-state index contributed by atoms with van der Waals surface area (Å²) in [7, 11) is 2.17. The summed E-state index contributed by atoms with van der Waals surface area (Å²) in [6.45, 7) is 6.84. The SMILES string of the molecule is CN1CCN([C@H]2CN(Cc3ccc(Oc4ccccc4)cc3)C[C@@H]2O)CC1. The summed E-state index contributed by atoms with van der Waals surface area (Å²) in [5.74, 6) is 1.70. The lowest BCUT2D eigenvalue weighted by atomic mass is 10.1. The molecule has 2 atom stereocenters. The second-order valence-electron chi connectivity index (χ2n) is 7.73. The van der Waals surface area contributed by atoms with Gasteiger partial charge in [0.1, 0.15) is 11.5 Å². The molecular formula is C22H29N3O2. The van der Waals surface area contributed by atoms with E-state index in [1.54, 1.807) is 0 Å². The topological polar surface area (TPSA) is 39.2 Å². The van der Waals surface area contributed by atoms with Crippen LogP contribution < -0.4 is 4.74 Å². The number of β-amino-alcohol motifs (C(OH)–C–C–N with tert-alkyl or cyclic N) is 1. The Morgan fingerprint density at radius 3 is 2.26 bits per heavy atom. The van der Waals surface area contributed by atoms with Crippen LogP contribution in [0.25, 0.3) is 0 Å². The van der Waals surface area contributed by atoms with Gasteiger partial charge in [0.05, 0.1) is 6.10 Å². The molecule has 2 aromatic rings. The van der Waals surface area contributed by atoms with Gasteiger partial charge in [-0.3, -0.25) is 9.80 Å². The molecule has 4 rings (SSSR count). The highest BCUT2D eigenvalue weighted by Gasteiger charge is 2.36. The van der Waals surface area contributed by atoms with E-state index < -0.39 is 0 Å². The van der Waals surface area contributed by atoms with Crippen molar-refractivity contribution in [3.8, 4) is 11.5 Å². The van der Waals surface area contributed by atoms with Gasteiger partial charge >= 0.3 is 0 Å². The van der Waals surface area contributed by atoms with Crippen molar-refractivity contribution in [1.29, 1.82) is 0 Å². The Balaban J connectivity index is 1.31. The zero-order chi connectivity index (χ0) is 18.6. The summed E-state index contributed by atoms with van der Waals surface area (Å²) in [6.07, 6.45) is -0.255. The van der Waals surface area contributed by atoms with Gasteiger partial charge in [-0.1, -0.05) is 30.3 Å². The fourth-order valence-electron chi connectivity index (χ4n) is 4.03. The highest BCUT2D eigenvalue weighted by Crippen LogP contribution is 2.23. The first kappa shape index (κ1) is 18.4. The van der Waals surface area contributed by atoms with Crippen molar-refractivity contribution in [2.45, 2.75) is 18.7 Å². The van der Waals surface area contributed by atoms with Gasteiger partial charge in [0, 0.05) is 51.9 Å². The number of para-hydroxylation sites is 1. The van der Waals surface area contributed by atoms with Crippen LogP contribution in [-0.4, -0.2) is 78.3 Å². The van der Waals surface area contributed by atoms with E-state index in [2.05, 4.69) is 33.9 Å². The van der Waals surface area contributed by atoms with Gasteiger partial charge in [-0.15, -0.1) is 0 Å². The van der Waals surface area contributed by atoms with Crippen LogP contribution >= 0.6 is 0 Å². The number of likely N-dealkylation sites (N-methyl/N-ethyl adjacent to an activating group) is 1. The fraction of sp³-hybridized carbons (Fsp3) is 0.455. The van der Waals surface area contributed by atoms with Crippen molar-refractivity contribution in [2.24, 2.45) is 0 Å². The minimum atomic E-state index is -0.255. The van der Waals surface area contributed by atoms with Gasteiger partial charge in [0.15, 0.2) is 0 Å². The summed E-state index contributed by atoms with van der Waals surface area (Å²) in [4.78, 5) is 7.18. The van der Waals surface area contributed by atoms with Crippen LogP contribution in [0.15, 0.2) is 54.6 Å². The normalized spacial score (nSPS) is 25.0. The lowest BCUT2D eigenvalue weighted by Crippen LogP contribution is -2.52. The number of aliphatic hydroxyl groups is 1. The van der Waals surface area contributed by atoms with Gasteiger partial charge in [-0.2, -0.15) is 0 Å². The van der Waals surface area contributed by atoms with Gasteiger partial charge in [0.2, 0.25) is 0 Å². The zero-order valence-corrected chi connectivity index (χ0v) is 16.0. The smallest absolute Gasteiger partial charge is 0.127 e. The van der Waals surface area contributed by atoms with Crippen molar-refractivity contribution in [1.82, 2.24) is 14.7 Å². The number of ether oxygens (including phenoxy) is 1. The second-order valence-corrected chi connectivity index (χ2v) is 7.73. The molecule has 0 unspecified atom stereocenters. The highest BCUT2D eigenvalue weighted by molar-refractivity contribution is 5.33. The Kier molecular flexibility index (Phi) is 5.74. The monoisotopic (exact) mass is 367 g/mol. The van der Waals surface area contributed by atoms with Crippen LogP contribution in [0.4, 0.5) is 0 Å². The summed E-state index contributed by atoms with van der Waals surface area (Å²) in [6, 6.07) is 18.4. The van der Waals surface area contributed by atoms with Gasteiger partial charge in [0.25, 0.3) is 0 Å². The summed E-state index contributed by atoms with van der Waals surface area (Å²) >= 11 is 0. The predicted molar refractivity (Wildman–Crippen MR) is 107 cm³/mol. The van der Waals surface area contributed by atoms with Crippen molar-refractivity contribution in [3.63, 3.8) is 0 Å². The van der Waals surface area contributed by atoms with Crippen molar-refractivity contribution in [2.75, 3.05) is 46.3 Å². The number of piperazine rings is 1. The molecule has 2 aliphatic rings. The molecule has 2 aliphatic heterocycles. The van der Waals surface area contributed by atoms with E-state index in [0.717, 1.165) is 57.3 Å². The Morgan fingerprint density at radius 1 is 0.889 bits per heavy atom. The second kappa shape index (κ2) is 8.40. The molecule has 5 heteroatoms. The van der Waals surface area contributed by atoms with Gasteiger partial charge in [-0.25, -0.2) is 0 Å². The first-order chi connectivity index (χ1) is 13.2. The standard InChI is InChI=1S/C22H29N3O2/c1-23-11-13-25(14-12-23)21-16-24(17-22(21)26)15-18-7-9-20(10-8-18)27-19-5-3-2-4-6-19/h2-10,21-22,26H,11-17H2,1H3/t21-,22-/m0/s1. The van der Waals surface area contributed by atoms with E-state index in [1.807, 2.05) is 42.5 Å². The molecule has 0 amide bonds. The first-order valence-corrected chi connectivity index (χ1v) is 9.82. The molecule has 0 aliphatic carbocycles. The van der Waals surface area contributed by atoms with Crippen molar-refractivity contribution >= 4 is 0 Å². The number of rotatable bonds is 5. The maximum atomic E-state index is 10.5. The predicted octanol–water partition coefficient (Wildman–Crippen LogP) is 2.27. The van der Waals surface area contributed by atoms with Crippen LogP contribution in [-0.2, 0) is 6.54 Å². The molecule has 5 nitrogen and oxygen atoms in total. The Morgan fingerprint density at radius 2 is 1.56 bits per heavy atom. The van der Waals surface area contributed by atoms with Crippen LogP contribution in [0.2, 0.25) is 0 Å². The minimum Gasteiger partial charge on any atom is -0.457 e. The van der Waals surface area contributed by atoms with E-state index in [-0.39, 0.29) is 12.1 Å². The van der Waals surface area contributed by atoms with Crippen molar-refractivity contribution in [3.05, 3.63) is 60.2 Å². The van der Waals surface area contributed by atoms with Gasteiger partial charge in [-0.05, 0) is 36.9 Å². The molecule has 0 aromatic heterocycles. The van der Waals surface area contributed by atoms with Crippen LogP contribution in [0.3, 0.4) is 0 Å². The Labute approximate surface area is 161 Å². The Hall–Kier alpha value is -1.92. The third-order valence-corrected chi connectivity index (χ3v) is 5.65. The Bertz CT molecular complexity index is 714. The lowest BCUT2D eigenvalue weighted by molar-refractivity contribution is 0.0512. The third kappa shape index (κ3) is 4.68. The quantitative estimate of drug-likeness (QED) is 0.878. The van der Waals surface area contributed by atoms with E-state index >= 15 is 0 Å². The first-order valence-electron chi connectivity index (χ1n) is 9.82. The number of aliphatic hydroxyl groups excluding tert-OH is 1. The average Bonchev–Trinajstić information content (AvgIpc) is 3.05. The van der Waals surface area contributed by atoms with E-state index in [1.165, 1.54) is 5.56 Å². The number of benzene rings is 2. The van der Waals surface area contributed by atoms with Crippen LogP contribution in [0.5, 0.6) is 11.5 Å². The van der Waals surface area contributed by atoms with E-state index in [0.29, 0.717) is 0 Å². The number of likely N-dealkylation sites (tertiary alicyclic amines) is 1. The number of hydrogen-bond donors (Lipinski definition) is 1. The maximum absolute atomic E-state index is 10.5. The lowest BCUT2D eigenvalue weighted by Gasteiger charge is -2.37. The molecular weight excluding hydrogens is 338 g/mol. The van der Waals surface area contributed by atoms with Crippen LogP contribution in [0.1, 0.15) is 5.56 Å². The molecule has 27 heavy (non-hydrogen) atoms. The van der Waals surface area contributed by atoms with Gasteiger partial charge < -0.3 is 14.7 Å². The minimum absolute atomic E-state index is 0.255. The van der Waals surface area contributed by atoms with Crippen LogP contribution in [0, 0.1) is 0 Å². The summed E-state index contributed by atoms with van der Waals surface area (Å²) < 4.78 is 5.86. The molecule has 0 bridgehead atoms. The van der Waals surface area contributed by atoms with E-state index in [9.17, 15) is 5.11 Å². The molecule has 2 fully saturated rings. The number of hydrogen-bond acceptors (Lipinski definition) is 5.